The highest BCUT2D eigenvalue weighted by Gasteiger charge is 2.26. The molecule has 1 aromatic rings. The van der Waals surface area contributed by atoms with E-state index >= 15 is 0 Å². The second-order valence-corrected chi connectivity index (χ2v) is 6.79. The third-order valence-electron chi connectivity index (χ3n) is 4.56. The minimum atomic E-state index is 0.300. The maximum atomic E-state index is 10.1. The molecule has 1 fully saturated rings. The van der Waals surface area contributed by atoms with Crippen molar-refractivity contribution in [1.29, 1.82) is 0 Å². The molecule has 2 heteroatoms. The van der Waals surface area contributed by atoms with Crippen LogP contribution in [0.4, 0.5) is 0 Å². The van der Waals surface area contributed by atoms with E-state index in [0.717, 1.165) is 24.2 Å². The van der Waals surface area contributed by atoms with Gasteiger partial charge in [-0.15, -0.1) is 0 Å². The zero-order chi connectivity index (χ0) is 14.0. The summed E-state index contributed by atoms with van der Waals surface area (Å²) in [5.41, 5.74) is 2.64. The highest BCUT2D eigenvalue weighted by atomic mass is 16.3. The zero-order valence-electron chi connectivity index (χ0n) is 12.7. The Balaban J connectivity index is 2.12. The molecule has 0 amide bonds. The molecule has 1 aromatic carbocycles. The number of hydrogen-bond acceptors (Lipinski definition) is 2. The van der Waals surface area contributed by atoms with Gasteiger partial charge in [-0.3, -0.25) is 4.90 Å². The maximum Gasteiger partial charge on any atom is 0.120 e. The molecule has 1 N–H and O–H groups in total. The average Bonchev–Trinajstić information content (AvgIpc) is 2.49. The van der Waals surface area contributed by atoms with E-state index in [2.05, 4.69) is 37.8 Å². The van der Waals surface area contributed by atoms with Gasteiger partial charge < -0.3 is 5.11 Å². The summed E-state index contributed by atoms with van der Waals surface area (Å²) in [6.07, 6.45) is 3.80. The van der Waals surface area contributed by atoms with Crippen molar-refractivity contribution in [2.24, 2.45) is 5.41 Å². The number of aromatic hydroxyl groups is 1. The Hall–Kier alpha value is -1.02. The number of aryl methyl sites for hydroxylation is 1. The summed E-state index contributed by atoms with van der Waals surface area (Å²) in [7, 11) is 0. The van der Waals surface area contributed by atoms with Crippen molar-refractivity contribution in [3.63, 3.8) is 0 Å². The smallest absolute Gasteiger partial charge is 0.120 e. The number of nitrogens with zero attached hydrogens (tertiary/aromatic N) is 1. The summed E-state index contributed by atoms with van der Waals surface area (Å²) >= 11 is 0. The van der Waals surface area contributed by atoms with Crippen LogP contribution in [0, 0.1) is 12.3 Å². The molecule has 0 aromatic heterocycles. The molecule has 1 unspecified atom stereocenters. The van der Waals surface area contributed by atoms with Crippen molar-refractivity contribution in [1.82, 2.24) is 4.90 Å². The Morgan fingerprint density at radius 3 is 2.63 bits per heavy atom. The van der Waals surface area contributed by atoms with E-state index in [9.17, 15) is 5.11 Å². The van der Waals surface area contributed by atoms with Gasteiger partial charge in [0.1, 0.15) is 5.75 Å². The molecule has 1 aliphatic heterocycles. The van der Waals surface area contributed by atoms with Gasteiger partial charge in [0, 0.05) is 11.6 Å². The molecule has 0 radical (unpaired) electrons. The standard InChI is InChI=1S/C17H27NO/c1-13-6-7-15(16(19)12-13)14(2)18-10-5-8-17(3,4)9-11-18/h6-7,12,14,19H,5,8-11H2,1-4H3. The number of phenolic OH excluding ortho intramolecular Hbond substituents is 1. The third-order valence-corrected chi connectivity index (χ3v) is 4.56. The third kappa shape index (κ3) is 3.50. The number of hydrogen-bond donors (Lipinski definition) is 1. The highest BCUT2D eigenvalue weighted by molar-refractivity contribution is 5.37. The fraction of sp³-hybridized carbons (Fsp3) is 0.647. The number of benzene rings is 1. The van der Waals surface area contributed by atoms with Crippen LogP contribution in [0.25, 0.3) is 0 Å². The van der Waals surface area contributed by atoms with Crippen LogP contribution in [0.3, 0.4) is 0 Å². The zero-order valence-corrected chi connectivity index (χ0v) is 12.7. The molecule has 0 aliphatic carbocycles. The second-order valence-electron chi connectivity index (χ2n) is 6.79. The van der Waals surface area contributed by atoms with E-state index < -0.39 is 0 Å². The highest BCUT2D eigenvalue weighted by Crippen LogP contribution is 2.35. The predicted octanol–water partition coefficient (Wildman–Crippen LogP) is 4.27. The first-order valence-electron chi connectivity index (χ1n) is 7.43. The molecule has 19 heavy (non-hydrogen) atoms. The molecule has 0 bridgehead atoms. The first kappa shape index (κ1) is 14.4. The van der Waals surface area contributed by atoms with Crippen molar-refractivity contribution in [2.45, 2.75) is 53.0 Å². The summed E-state index contributed by atoms with van der Waals surface area (Å²) in [5, 5.41) is 10.1. The topological polar surface area (TPSA) is 23.5 Å². The minimum Gasteiger partial charge on any atom is -0.508 e. The fourth-order valence-electron chi connectivity index (χ4n) is 3.03. The van der Waals surface area contributed by atoms with Gasteiger partial charge in [-0.2, -0.15) is 0 Å². The lowest BCUT2D eigenvalue weighted by molar-refractivity contribution is 0.205. The normalized spacial score (nSPS) is 21.9. The van der Waals surface area contributed by atoms with Crippen molar-refractivity contribution in [3.8, 4) is 5.75 Å². The van der Waals surface area contributed by atoms with Crippen LogP contribution in [0.1, 0.15) is 57.2 Å². The van der Waals surface area contributed by atoms with Crippen LogP contribution >= 0.6 is 0 Å². The molecule has 1 saturated heterocycles. The predicted molar refractivity (Wildman–Crippen MR) is 80.5 cm³/mol. The van der Waals surface area contributed by atoms with E-state index in [-0.39, 0.29) is 0 Å². The van der Waals surface area contributed by atoms with E-state index in [0.29, 0.717) is 17.2 Å². The van der Waals surface area contributed by atoms with Gasteiger partial charge in [0.2, 0.25) is 0 Å². The van der Waals surface area contributed by atoms with Gasteiger partial charge in [0.25, 0.3) is 0 Å². The second kappa shape index (κ2) is 5.54. The van der Waals surface area contributed by atoms with E-state index in [1.54, 1.807) is 0 Å². The lowest BCUT2D eigenvalue weighted by Crippen LogP contribution is -2.28. The van der Waals surface area contributed by atoms with E-state index in [4.69, 9.17) is 0 Å². The molecule has 106 valence electrons. The van der Waals surface area contributed by atoms with Crippen LogP contribution in [0.15, 0.2) is 18.2 Å². The summed E-state index contributed by atoms with van der Waals surface area (Å²) in [5.74, 6) is 0.441. The van der Waals surface area contributed by atoms with Crippen LogP contribution in [0.5, 0.6) is 5.75 Å². The fourth-order valence-corrected chi connectivity index (χ4v) is 3.03. The van der Waals surface area contributed by atoms with E-state index in [1.807, 2.05) is 13.0 Å². The summed E-state index contributed by atoms with van der Waals surface area (Å²) in [4.78, 5) is 2.51. The first-order valence-corrected chi connectivity index (χ1v) is 7.43. The molecule has 1 atom stereocenters. The molecule has 2 rings (SSSR count). The Kier molecular flexibility index (Phi) is 4.19. The van der Waals surface area contributed by atoms with Gasteiger partial charge in [0.05, 0.1) is 0 Å². The van der Waals surface area contributed by atoms with Crippen LogP contribution in [0.2, 0.25) is 0 Å². The van der Waals surface area contributed by atoms with Crippen molar-refractivity contribution in [3.05, 3.63) is 29.3 Å². The SMILES string of the molecule is Cc1ccc(C(C)N2CCCC(C)(C)CC2)c(O)c1. The largest absolute Gasteiger partial charge is 0.508 e. The van der Waals surface area contributed by atoms with Crippen molar-refractivity contribution < 1.29 is 5.11 Å². The Bertz CT molecular complexity index is 439. The first-order chi connectivity index (χ1) is 8.89. The Labute approximate surface area is 117 Å². The van der Waals surface area contributed by atoms with Gasteiger partial charge >= 0.3 is 0 Å². The van der Waals surface area contributed by atoms with Crippen LogP contribution < -0.4 is 0 Å². The Morgan fingerprint density at radius 2 is 1.95 bits per heavy atom. The lowest BCUT2D eigenvalue weighted by atomic mass is 9.85. The van der Waals surface area contributed by atoms with Crippen LogP contribution in [-0.2, 0) is 0 Å². The average molecular weight is 261 g/mol. The molecule has 0 spiro atoms. The number of rotatable bonds is 2. The van der Waals surface area contributed by atoms with Crippen molar-refractivity contribution >= 4 is 0 Å². The van der Waals surface area contributed by atoms with Gasteiger partial charge in [-0.25, -0.2) is 0 Å². The molecular formula is C17H27NO. The van der Waals surface area contributed by atoms with Crippen molar-refractivity contribution in [2.75, 3.05) is 13.1 Å². The van der Waals surface area contributed by atoms with Gasteiger partial charge in [-0.05, 0) is 63.2 Å². The minimum absolute atomic E-state index is 0.300. The summed E-state index contributed by atoms with van der Waals surface area (Å²) in [6, 6.07) is 6.33. The van der Waals surface area contributed by atoms with Gasteiger partial charge in [0.15, 0.2) is 0 Å². The molecule has 1 aliphatic rings. The molecule has 0 saturated carbocycles. The lowest BCUT2D eigenvalue weighted by Gasteiger charge is -2.29. The summed E-state index contributed by atoms with van der Waals surface area (Å²) < 4.78 is 0. The number of likely N-dealkylation sites (tertiary alicyclic amines) is 1. The van der Waals surface area contributed by atoms with E-state index in [1.165, 1.54) is 19.3 Å². The quantitative estimate of drug-likeness (QED) is 0.859. The summed E-state index contributed by atoms with van der Waals surface area (Å²) in [6.45, 7) is 11.2. The van der Waals surface area contributed by atoms with Crippen LogP contribution in [-0.4, -0.2) is 23.1 Å². The molecule has 2 nitrogen and oxygen atoms in total. The molecular weight excluding hydrogens is 234 g/mol. The number of phenols is 1. The Morgan fingerprint density at radius 1 is 1.21 bits per heavy atom. The molecule has 1 heterocycles. The maximum absolute atomic E-state index is 10.1. The monoisotopic (exact) mass is 261 g/mol. The van der Waals surface area contributed by atoms with Gasteiger partial charge in [-0.1, -0.05) is 26.0 Å².